The maximum absolute atomic E-state index is 13.1. The van der Waals surface area contributed by atoms with Crippen LogP contribution in [0.3, 0.4) is 0 Å². The van der Waals surface area contributed by atoms with Crippen molar-refractivity contribution < 1.29 is 26.7 Å². The second-order valence-electron chi connectivity index (χ2n) is 7.09. The Labute approximate surface area is 175 Å². The minimum absolute atomic E-state index is 0.0199. The Balaban J connectivity index is 1.73. The molecule has 31 heavy (non-hydrogen) atoms. The van der Waals surface area contributed by atoms with Gasteiger partial charge in [-0.15, -0.1) is 0 Å². The van der Waals surface area contributed by atoms with Crippen LogP contribution in [-0.2, 0) is 11.0 Å². The van der Waals surface area contributed by atoms with Gasteiger partial charge in [-0.1, -0.05) is 12.2 Å². The average molecular weight is 438 g/mol. The minimum atomic E-state index is -4.55. The molecule has 1 saturated carbocycles. The zero-order chi connectivity index (χ0) is 22.8. The summed E-state index contributed by atoms with van der Waals surface area (Å²) in [5, 5.41) is 6.22. The van der Waals surface area contributed by atoms with Crippen molar-refractivity contribution in [3.63, 3.8) is 0 Å². The first-order chi connectivity index (χ1) is 14.6. The monoisotopic (exact) mass is 438 g/mol. The van der Waals surface area contributed by atoms with Crippen LogP contribution in [0.15, 0.2) is 59.9 Å². The smallest absolute Gasteiger partial charge is 0.321 e. The van der Waals surface area contributed by atoms with E-state index < -0.39 is 29.4 Å². The van der Waals surface area contributed by atoms with Gasteiger partial charge in [0.05, 0.1) is 11.9 Å². The molecule has 10 heteroatoms. The van der Waals surface area contributed by atoms with Gasteiger partial charge in [0.2, 0.25) is 0 Å². The number of aromatic nitrogens is 3. The number of hydrogen-bond acceptors (Lipinski definition) is 3. The summed E-state index contributed by atoms with van der Waals surface area (Å²) in [6, 6.07) is 3.99. The largest absolute Gasteiger partial charge is 0.435 e. The molecule has 0 spiro atoms. The molecule has 2 aromatic heterocycles. The lowest BCUT2D eigenvalue weighted by Gasteiger charge is -2.08. The number of carbonyl (C=O) groups is 1. The molecular formula is C21H19F5N4O. The summed E-state index contributed by atoms with van der Waals surface area (Å²) in [6.45, 7) is 2.45. The van der Waals surface area contributed by atoms with Crippen molar-refractivity contribution >= 4 is 11.6 Å². The van der Waals surface area contributed by atoms with Gasteiger partial charge in [-0.25, -0.2) is 18.4 Å². The number of nitrogens with zero attached hydrogens (tertiary/aromatic N) is 3. The Kier molecular flexibility index (Phi) is 6.37. The minimum Gasteiger partial charge on any atom is -0.321 e. The number of anilines is 1. The molecule has 3 rings (SSSR count). The highest BCUT2D eigenvalue weighted by molar-refractivity contribution is 6.03. The van der Waals surface area contributed by atoms with Crippen molar-refractivity contribution in [1.29, 1.82) is 0 Å². The zero-order valence-corrected chi connectivity index (χ0v) is 16.7. The first-order valence-corrected chi connectivity index (χ1v) is 9.38. The fourth-order valence-electron chi connectivity index (χ4n) is 2.67. The van der Waals surface area contributed by atoms with Crippen molar-refractivity contribution in [2.75, 3.05) is 5.32 Å². The molecule has 0 aliphatic heterocycles. The van der Waals surface area contributed by atoms with Gasteiger partial charge in [0.25, 0.3) is 5.91 Å². The molecule has 1 aliphatic rings. The molecule has 1 fully saturated rings. The van der Waals surface area contributed by atoms with Gasteiger partial charge in [-0.3, -0.25) is 4.79 Å². The normalized spacial score (nSPS) is 15.9. The molecule has 0 bridgehead atoms. The molecule has 0 atom stereocenters. The SMILES string of the molecule is C\C(F)=C(F)/C=C\C=C(/C)C(=O)Nc1ccc(-n2nc(C(F)(F)F)cc2C2CC2)nc1. The summed E-state index contributed by atoms with van der Waals surface area (Å²) in [6.07, 6.45) is 1.73. The van der Waals surface area contributed by atoms with Gasteiger partial charge in [-0.05, 0) is 51.0 Å². The van der Waals surface area contributed by atoms with Crippen molar-refractivity contribution in [2.24, 2.45) is 0 Å². The van der Waals surface area contributed by atoms with Gasteiger partial charge >= 0.3 is 6.18 Å². The van der Waals surface area contributed by atoms with Crippen LogP contribution in [0.2, 0.25) is 0 Å². The summed E-state index contributed by atoms with van der Waals surface area (Å²) in [4.78, 5) is 16.3. The first kappa shape index (κ1) is 22.4. The number of amides is 1. The van der Waals surface area contributed by atoms with Gasteiger partial charge in [-0.2, -0.15) is 18.3 Å². The third-order valence-electron chi connectivity index (χ3n) is 4.52. The molecule has 164 valence electrons. The van der Waals surface area contributed by atoms with E-state index in [9.17, 15) is 26.7 Å². The molecule has 1 amide bonds. The van der Waals surface area contributed by atoms with E-state index in [2.05, 4.69) is 15.4 Å². The van der Waals surface area contributed by atoms with E-state index in [-0.39, 0.29) is 17.3 Å². The average Bonchev–Trinajstić information content (AvgIpc) is 3.45. The molecular weight excluding hydrogens is 419 g/mol. The van der Waals surface area contributed by atoms with Crippen molar-refractivity contribution in [2.45, 2.75) is 38.8 Å². The van der Waals surface area contributed by atoms with Crippen molar-refractivity contribution in [1.82, 2.24) is 14.8 Å². The predicted octanol–water partition coefficient (Wildman–Crippen LogP) is 5.78. The maximum Gasteiger partial charge on any atom is 0.435 e. The quantitative estimate of drug-likeness (QED) is 0.354. The highest BCUT2D eigenvalue weighted by Crippen LogP contribution is 2.42. The fourth-order valence-corrected chi connectivity index (χ4v) is 2.67. The molecule has 0 saturated heterocycles. The Bertz CT molecular complexity index is 1060. The van der Waals surface area contributed by atoms with E-state index in [4.69, 9.17) is 0 Å². The number of allylic oxidation sites excluding steroid dienone is 5. The van der Waals surface area contributed by atoms with Crippen LogP contribution >= 0.6 is 0 Å². The molecule has 0 radical (unpaired) electrons. The van der Waals surface area contributed by atoms with E-state index in [0.29, 0.717) is 11.4 Å². The molecule has 0 unspecified atom stereocenters. The highest BCUT2D eigenvalue weighted by atomic mass is 19.4. The Hall–Kier alpha value is -3.30. The highest BCUT2D eigenvalue weighted by Gasteiger charge is 2.38. The molecule has 2 aromatic rings. The number of carbonyl (C=O) groups excluding carboxylic acids is 1. The Morgan fingerprint density at radius 1 is 1.23 bits per heavy atom. The lowest BCUT2D eigenvalue weighted by atomic mass is 10.2. The summed E-state index contributed by atoms with van der Waals surface area (Å²) in [5.41, 5.74) is 0.0125. The van der Waals surface area contributed by atoms with Crippen LogP contribution in [0.4, 0.5) is 27.6 Å². The molecule has 0 aromatic carbocycles. The molecule has 1 aliphatic carbocycles. The summed E-state index contributed by atoms with van der Waals surface area (Å²) < 4.78 is 66.0. The molecule has 1 N–H and O–H groups in total. The standard InChI is InChI=1S/C21H19F5N4O/c1-12(4-3-5-16(23)13(2)22)20(31)28-15-8-9-19(27-11-15)30-17(14-6-7-14)10-18(29-30)21(24,25)26/h3-5,8-11,14H,6-7H2,1-2H3,(H,28,31)/b5-3-,12-4+,16-13-. The summed E-state index contributed by atoms with van der Waals surface area (Å²) in [5.74, 6) is -2.29. The van der Waals surface area contributed by atoms with Gasteiger partial charge in [0.15, 0.2) is 17.3 Å². The third kappa shape index (κ3) is 5.65. The van der Waals surface area contributed by atoms with Crippen LogP contribution in [0.5, 0.6) is 0 Å². The van der Waals surface area contributed by atoms with Gasteiger partial charge < -0.3 is 5.32 Å². The Morgan fingerprint density at radius 3 is 2.48 bits per heavy atom. The van der Waals surface area contributed by atoms with E-state index in [1.807, 2.05) is 0 Å². The van der Waals surface area contributed by atoms with E-state index in [0.717, 1.165) is 31.9 Å². The van der Waals surface area contributed by atoms with E-state index in [1.165, 1.54) is 42.1 Å². The molecule has 2 heterocycles. The lowest BCUT2D eigenvalue weighted by Crippen LogP contribution is -2.13. The summed E-state index contributed by atoms with van der Waals surface area (Å²) in [7, 11) is 0. The van der Waals surface area contributed by atoms with Crippen molar-refractivity contribution in [3.05, 3.63) is 71.2 Å². The number of alkyl halides is 3. The predicted molar refractivity (Wildman–Crippen MR) is 105 cm³/mol. The van der Waals surface area contributed by atoms with Crippen LogP contribution in [0.1, 0.15) is 44.0 Å². The Morgan fingerprint density at radius 2 is 1.94 bits per heavy atom. The van der Waals surface area contributed by atoms with Crippen LogP contribution in [0.25, 0.3) is 5.82 Å². The first-order valence-electron chi connectivity index (χ1n) is 9.38. The fraction of sp³-hybridized carbons (Fsp3) is 0.286. The second-order valence-corrected chi connectivity index (χ2v) is 7.09. The van der Waals surface area contributed by atoms with E-state index in [1.54, 1.807) is 0 Å². The molecule has 5 nitrogen and oxygen atoms in total. The lowest BCUT2D eigenvalue weighted by molar-refractivity contribution is -0.141. The van der Waals surface area contributed by atoms with E-state index >= 15 is 0 Å². The maximum atomic E-state index is 13.1. The van der Waals surface area contributed by atoms with Gasteiger partial charge in [0, 0.05) is 17.2 Å². The summed E-state index contributed by atoms with van der Waals surface area (Å²) >= 11 is 0. The number of pyridine rings is 1. The second kappa shape index (κ2) is 8.83. The van der Waals surface area contributed by atoms with Crippen molar-refractivity contribution in [3.8, 4) is 5.82 Å². The van der Waals surface area contributed by atoms with Crippen LogP contribution < -0.4 is 5.32 Å². The van der Waals surface area contributed by atoms with Crippen LogP contribution in [0, 0.1) is 0 Å². The van der Waals surface area contributed by atoms with Gasteiger partial charge in [0.1, 0.15) is 5.83 Å². The number of rotatable bonds is 6. The topological polar surface area (TPSA) is 59.8 Å². The number of halogens is 5. The number of nitrogens with one attached hydrogen (secondary N) is 1. The van der Waals surface area contributed by atoms with Crippen LogP contribution in [-0.4, -0.2) is 20.7 Å². The zero-order valence-electron chi connectivity index (χ0n) is 16.7. The third-order valence-corrected chi connectivity index (χ3v) is 4.52. The number of hydrogen-bond donors (Lipinski definition) is 1.